The number of sulfonamides is 1. The van der Waals surface area contributed by atoms with E-state index in [1.54, 1.807) is 29.4 Å². The third-order valence-electron chi connectivity index (χ3n) is 5.12. The normalized spacial score (nSPS) is 15.8. The molecule has 0 radical (unpaired) electrons. The molecule has 4 rings (SSSR count). The Balaban J connectivity index is 1.50. The van der Waals surface area contributed by atoms with Gasteiger partial charge in [-0.1, -0.05) is 0 Å². The SMILES string of the molecule is Cc1cc(C)n(-c2cc(N3CCN(S(=O)(=O)c4cn(C)c(C)n4)CC3)ncn2)n1. The predicted octanol–water partition coefficient (Wildman–Crippen LogP) is 0.832. The summed E-state index contributed by atoms with van der Waals surface area (Å²) < 4.78 is 30.7. The van der Waals surface area contributed by atoms with E-state index in [0.29, 0.717) is 37.8 Å². The zero-order valence-corrected chi connectivity index (χ0v) is 17.8. The van der Waals surface area contributed by atoms with Crippen LogP contribution in [0, 0.1) is 20.8 Å². The summed E-state index contributed by atoms with van der Waals surface area (Å²) in [5, 5.41) is 4.56. The van der Waals surface area contributed by atoms with Crippen molar-refractivity contribution in [3.63, 3.8) is 0 Å². The van der Waals surface area contributed by atoms with Crippen LogP contribution < -0.4 is 4.90 Å². The molecule has 0 aromatic carbocycles. The van der Waals surface area contributed by atoms with Crippen LogP contribution in [0.2, 0.25) is 0 Å². The maximum atomic E-state index is 12.9. The number of aryl methyl sites for hydroxylation is 4. The van der Waals surface area contributed by atoms with Gasteiger partial charge in [-0.05, 0) is 26.8 Å². The molecule has 0 spiro atoms. The van der Waals surface area contributed by atoms with E-state index >= 15 is 0 Å². The van der Waals surface area contributed by atoms with Crippen molar-refractivity contribution < 1.29 is 8.42 Å². The van der Waals surface area contributed by atoms with Crippen LogP contribution in [0.25, 0.3) is 5.82 Å². The smallest absolute Gasteiger partial charge is 0.262 e. The Labute approximate surface area is 169 Å². The first-order valence-corrected chi connectivity index (χ1v) is 10.8. The molecule has 0 aliphatic carbocycles. The zero-order chi connectivity index (χ0) is 20.8. The third kappa shape index (κ3) is 3.62. The fourth-order valence-corrected chi connectivity index (χ4v) is 4.87. The summed E-state index contributed by atoms with van der Waals surface area (Å²) in [5.74, 6) is 2.12. The molecule has 3 aromatic rings. The van der Waals surface area contributed by atoms with E-state index in [0.717, 1.165) is 17.2 Å². The molecule has 1 aliphatic heterocycles. The van der Waals surface area contributed by atoms with Crippen LogP contribution in [0.15, 0.2) is 29.7 Å². The van der Waals surface area contributed by atoms with Gasteiger partial charge in [0.25, 0.3) is 10.0 Å². The standard InChI is InChI=1S/C18H24N8O2S/c1-13-9-14(2)26(22-13)17-10-16(19-12-20-17)24-5-7-25(8-6-24)29(27,28)18-11-23(4)15(3)21-18/h9-12H,5-8H2,1-4H3. The molecule has 3 aromatic heterocycles. The second-order valence-electron chi connectivity index (χ2n) is 7.20. The molecule has 0 bridgehead atoms. The van der Waals surface area contributed by atoms with Crippen molar-refractivity contribution in [1.29, 1.82) is 0 Å². The monoisotopic (exact) mass is 416 g/mol. The van der Waals surface area contributed by atoms with Crippen LogP contribution >= 0.6 is 0 Å². The average molecular weight is 417 g/mol. The number of hydrogen-bond acceptors (Lipinski definition) is 7. The zero-order valence-electron chi connectivity index (χ0n) is 16.9. The highest BCUT2D eigenvalue weighted by Gasteiger charge is 2.31. The Morgan fingerprint density at radius 3 is 2.24 bits per heavy atom. The molecule has 154 valence electrons. The van der Waals surface area contributed by atoms with Crippen LogP contribution in [0.1, 0.15) is 17.2 Å². The first-order valence-electron chi connectivity index (χ1n) is 9.36. The highest BCUT2D eigenvalue weighted by Crippen LogP contribution is 2.21. The van der Waals surface area contributed by atoms with Gasteiger partial charge in [-0.25, -0.2) is 28.1 Å². The van der Waals surface area contributed by atoms with Gasteiger partial charge in [0.15, 0.2) is 10.8 Å². The van der Waals surface area contributed by atoms with E-state index in [4.69, 9.17) is 0 Å². The van der Waals surface area contributed by atoms with Gasteiger partial charge in [-0.3, -0.25) is 0 Å². The Bertz CT molecular complexity index is 1120. The lowest BCUT2D eigenvalue weighted by Crippen LogP contribution is -2.49. The number of imidazole rings is 1. The number of anilines is 1. The molecule has 1 fully saturated rings. The van der Waals surface area contributed by atoms with E-state index in [-0.39, 0.29) is 5.03 Å². The summed E-state index contributed by atoms with van der Waals surface area (Å²) in [4.78, 5) is 14.9. The van der Waals surface area contributed by atoms with Crippen LogP contribution in [0.5, 0.6) is 0 Å². The van der Waals surface area contributed by atoms with E-state index in [2.05, 4.69) is 25.0 Å². The highest BCUT2D eigenvalue weighted by atomic mass is 32.2. The van der Waals surface area contributed by atoms with E-state index in [9.17, 15) is 8.42 Å². The topological polar surface area (TPSA) is 102 Å². The number of nitrogens with zero attached hydrogens (tertiary/aromatic N) is 8. The van der Waals surface area contributed by atoms with Crippen molar-refractivity contribution in [3.8, 4) is 5.82 Å². The number of rotatable bonds is 4. The summed E-state index contributed by atoms with van der Waals surface area (Å²) in [6.45, 7) is 7.52. The van der Waals surface area contributed by atoms with Gasteiger partial charge < -0.3 is 9.47 Å². The molecule has 29 heavy (non-hydrogen) atoms. The minimum atomic E-state index is -3.60. The maximum Gasteiger partial charge on any atom is 0.262 e. The van der Waals surface area contributed by atoms with Gasteiger partial charge in [0.2, 0.25) is 0 Å². The fourth-order valence-electron chi connectivity index (χ4n) is 3.43. The predicted molar refractivity (Wildman–Crippen MR) is 108 cm³/mol. The molecular formula is C18H24N8O2S. The summed E-state index contributed by atoms with van der Waals surface area (Å²) >= 11 is 0. The largest absolute Gasteiger partial charge is 0.354 e. The Kier molecular flexibility index (Phi) is 4.87. The third-order valence-corrected chi connectivity index (χ3v) is 6.89. The van der Waals surface area contributed by atoms with Crippen molar-refractivity contribution in [2.45, 2.75) is 25.8 Å². The number of aromatic nitrogens is 6. The molecule has 1 saturated heterocycles. The van der Waals surface area contributed by atoms with Gasteiger partial charge in [0, 0.05) is 51.2 Å². The first kappa shape index (κ1) is 19.5. The van der Waals surface area contributed by atoms with Gasteiger partial charge >= 0.3 is 0 Å². The first-order chi connectivity index (χ1) is 13.8. The van der Waals surface area contributed by atoms with Crippen molar-refractivity contribution in [3.05, 3.63) is 41.9 Å². The lowest BCUT2D eigenvalue weighted by molar-refractivity contribution is 0.382. The van der Waals surface area contributed by atoms with E-state index in [1.807, 2.05) is 26.0 Å². The van der Waals surface area contributed by atoms with Crippen molar-refractivity contribution in [2.75, 3.05) is 31.1 Å². The van der Waals surface area contributed by atoms with Crippen LogP contribution in [-0.4, -0.2) is 68.2 Å². The summed E-state index contributed by atoms with van der Waals surface area (Å²) in [7, 11) is -1.81. The molecule has 1 aliphatic rings. The molecule has 0 N–H and O–H groups in total. The van der Waals surface area contributed by atoms with Crippen LogP contribution in [0.4, 0.5) is 5.82 Å². The summed E-state index contributed by atoms with van der Waals surface area (Å²) in [5.41, 5.74) is 1.92. The maximum absolute atomic E-state index is 12.9. The minimum Gasteiger partial charge on any atom is -0.354 e. The molecule has 11 heteroatoms. The van der Waals surface area contributed by atoms with Crippen molar-refractivity contribution >= 4 is 15.8 Å². The minimum absolute atomic E-state index is 0.0970. The molecule has 0 atom stereocenters. The molecular weight excluding hydrogens is 392 g/mol. The number of hydrogen-bond donors (Lipinski definition) is 0. The second kappa shape index (κ2) is 7.23. The Morgan fingerprint density at radius 1 is 0.966 bits per heavy atom. The van der Waals surface area contributed by atoms with E-state index < -0.39 is 10.0 Å². The van der Waals surface area contributed by atoms with Gasteiger partial charge in [0.1, 0.15) is 18.0 Å². The van der Waals surface area contributed by atoms with E-state index in [1.165, 1.54) is 10.6 Å². The lowest BCUT2D eigenvalue weighted by Gasteiger charge is -2.34. The highest BCUT2D eigenvalue weighted by molar-refractivity contribution is 7.89. The van der Waals surface area contributed by atoms with Crippen LogP contribution in [0.3, 0.4) is 0 Å². The van der Waals surface area contributed by atoms with Crippen molar-refractivity contribution in [2.24, 2.45) is 7.05 Å². The van der Waals surface area contributed by atoms with Crippen molar-refractivity contribution in [1.82, 2.24) is 33.6 Å². The van der Waals surface area contributed by atoms with Crippen LogP contribution in [-0.2, 0) is 17.1 Å². The second-order valence-corrected chi connectivity index (χ2v) is 9.09. The van der Waals surface area contributed by atoms with Gasteiger partial charge in [-0.15, -0.1) is 0 Å². The molecule has 0 unspecified atom stereocenters. The molecule has 10 nitrogen and oxygen atoms in total. The summed E-state index contributed by atoms with van der Waals surface area (Å²) in [6, 6.07) is 3.87. The Morgan fingerprint density at radius 2 is 1.66 bits per heavy atom. The molecule has 4 heterocycles. The molecule has 0 amide bonds. The van der Waals surface area contributed by atoms with Gasteiger partial charge in [0.05, 0.1) is 5.69 Å². The summed E-state index contributed by atoms with van der Waals surface area (Å²) in [6.07, 6.45) is 3.07. The molecule has 0 saturated carbocycles. The number of piperazine rings is 1. The Hall–Kier alpha value is -2.79. The quantitative estimate of drug-likeness (QED) is 0.621. The average Bonchev–Trinajstić information content (AvgIpc) is 3.23. The van der Waals surface area contributed by atoms with Gasteiger partial charge in [-0.2, -0.15) is 9.40 Å². The fraction of sp³-hybridized carbons (Fsp3) is 0.444. The lowest BCUT2D eigenvalue weighted by atomic mass is 10.3.